The van der Waals surface area contributed by atoms with Crippen molar-refractivity contribution in [3.63, 3.8) is 0 Å². The minimum Gasteiger partial charge on any atom is -0.387 e. The van der Waals surface area contributed by atoms with E-state index in [1.807, 2.05) is 0 Å². The van der Waals surface area contributed by atoms with Crippen LogP contribution in [0.5, 0.6) is 0 Å². The number of rotatable bonds is 12. The lowest BCUT2D eigenvalue weighted by Gasteiger charge is -2.40. The first-order chi connectivity index (χ1) is 21.3. The maximum absolute atomic E-state index is 12.5. The van der Waals surface area contributed by atoms with Gasteiger partial charge in [-0.3, -0.25) is 18.1 Å². The van der Waals surface area contributed by atoms with Crippen molar-refractivity contribution in [1.82, 2.24) is 10.2 Å². The normalized spacial score (nSPS) is 36.2. The second-order valence-electron chi connectivity index (χ2n) is 10.2. The molecule has 2 amide bonds. The van der Waals surface area contributed by atoms with Gasteiger partial charge in [-0.05, 0) is 25.1 Å². The van der Waals surface area contributed by atoms with Gasteiger partial charge in [-0.1, -0.05) is 17.7 Å². The molecule has 2 saturated heterocycles. The van der Waals surface area contributed by atoms with E-state index in [0.717, 1.165) is 22.7 Å². The van der Waals surface area contributed by atoms with Gasteiger partial charge in [-0.2, -0.15) is 12.7 Å². The zero-order valence-corrected chi connectivity index (χ0v) is 26.1. The van der Waals surface area contributed by atoms with Crippen molar-refractivity contribution in [1.29, 1.82) is 0 Å². The second kappa shape index (κ2) is 14.3. The van der Waals surface area contributed by atoms with E-state index in [-0.39, 0.29) is 4.90 Å². The number of carbonyl (C=O) groups is 1. The number of nitrogens with one attached hydrogen (secondary N) is 1. The highest BCUT2D eigenvalue weighted by molar-refractivity contribution is 7.86. The number of carbonyl (C=O) groups excluding carboxylic acids is 1. The number of hydrogen-bond donors (Lipinski definition) is 9. The Morgan fingerprint density at radius 1 is 0.870 bits per heavy atom. The number of aliphatic hydroxyl groups excluding tert-OH is 6. The van der Waals surface area contributed by atoms with Crippen molar-refractivity contribution in [3.05, 3.63) is 42.1 Å². The Kier molecular flexibility index (Phi) is 11.5. The SMILES string of the molecule is Cc1ccc(S(=O)(=O)OCC2O[C@H](OP(=O)(O)OP(=O)(O)OCC3OC(N4C=CC(O)NC4=O)[C@H](O)[C@@H]3O)[C@@H](O)C(O)[C@H]2O)cc1. The van der Waals surface area contributed by atoms with Crippen LogP contribution in [0.4, 0.5) is 4.79 Å². The van der Waals surface area contributed by atoms with Crippen LogP contribution < -0.4 is 5.32 Å². The van der Waals surface area contributed by atoms with Gasteiger partial charge in [0, 0.05) is 6.20 Å². The highest BCUT2D eigenvalue weighted by Crippen LogP contribution is 2.61. The summed E-state index contributed by atoms with van der Waals surface area (Å²) in [5.41, 5.74) is 0.746. The third-order valence-electron chi connectivity index (χ3n) is 6.76. The molecule has 260 valence electrons. The monoisotopic (exact) mass is 722 g/mol. The number of phosphoric acid groups is 2. The third-order valence-corrected chi connectivity index (χ3v) is 10.7. The summed E-state index contributed by atoms with van der Waals surface area (Å²) < 4.78 is 78.4. The van der Waals surface area contributed by atoms with Crippen molar-refractivity contribution in [2.24, 2.45) is 0 Å². The van der Waals surface area contributed by atoms with Gasteiger partial charge in [-0.15, -0.1) is 0 Å². The standard InChI is InChI=1S/C22H32N2O19P2S/c1-10-2-4-11(5-3-10)46(36,37)39-9-13-15(26)17(28)19(30)21(41-13)42-45(34,35)43-44(32,33)38-8-12-16(27)18(29)20(40-12)24-7-6-14(25)23-22(24)31/h2-7,12-21,25-30H,8-9H2,1H3,(H,23,31)(H,32,33)(H,34,35)/t12?,13?,14?,15-,16+,17?,18+,19-,20?,21+/m0/s1. The molecule has 7 unspecified atom stereocenters. The van der Waals surface area contributed by atoms with Gasteiger partial charge in [0.2, 0.25) is 0 Å². The molecular weight excluding hydrogens is 690 g/mol. The molecule has 3 heterocycles. The molecule has 12 atom stereocenters. The van der Waals surface area contributed by atoms with E-state index in [9.17, 15) is 62.8 Å². The molecule has 1 aromatic carbocycles. The van der Waals surface area contributed by atoms with E-state index in [1.54, 1.807) is 6.92 Å². The van der Waals surface area contributed by atoms with Gasteiger partial charge < -0.3 is 55.2 Å². The first-order valence-electron chi connectivity index (χ1n) is 13.1. The van der Waals surface area contributed by atoms with Crippen LogP contribution in [0.15, 0.2) is 41.4 Å². The Bertz CT molecular complexity index is 1480. The van der Waals surface area contributed by atoms with Gasteiger partial charge in [0.05, 0.1) is 18.1 Å². The molecule has 1 aromatic rings. The summed E-state index contributed by atoms with van der Waals surface area (Å²) in [6, 6.07) is 4.51. The van der Waals surface area contributed by atoms with Crippen LogP contribution in [0, 0.1) is 6.92 Å². The van der Waals surface area contributed by atoms with Gasteiger partial charge in [0.25, 0.3) is 10.1 Å². The maximum Gasteiger partial charge on any atom is 0.483 e. The third kappa shape index (κ3) is 8.75. The zero-order valence-electron chi connectivity index (χ0n) is 23.5. The van der Waals surface area contributed by atoms with Crippen molar-refractivity contribution in [2.45, 2.75) is 73.3 Å². The van der Waals surface area contributed by atoms with Crippen molar-refractivity contribution >= 4 is 31.8 Å². The largest absolute Gasteiger partial charge is 0.483 e. The minimum absolute atomic E-state index is 0.266. The molecule has 4 rings (SSSR count). The molecule has 2 fully saturated rings. The van der Waals surface area contributed by atoms with E-state index < -0.39 is 106 Å². The average Bonchev–Trinajstić information content (AvgIpc) is 3.24. The van der Waals surface area contributed by atoms with E-state index in [4.69, 9.17) is 13.7 Å². The Balaban J connectivity index is 1.34. The Labute approximate surface area is 260 Å². The van der Waals surface area contributed by atoms with Gasteiger partial charge in [0.15, 0.2) is 12.5 Å². The molecule has 0 spiro atoms. The Hall–Kier alpha value is -1.92. The second-order valence-corrected chi connectivity index (χ2v) is 14.8. The van der Waals surface area contributed by atoms with Crippen molar-refractivity contribution in [2.75, 3.05) is 13.2 Å². The molecule has 3 aliphatic rings. The number of nitrogens with zero attached hydrogens (tertiary/aromatic N) is 1. The number of aliphatic hydroxyl groups is 6. The molecule has 24 heteroatoms. The molecule has 0 saturated carbocycles. The fraction of sp³-hybridized carbons (Fsp3) is 0.591. The number of hydrogen-bond acceptors (Lipinski definition) is 17. The maximum atomic E-state index is 12.5. The van der Waals surface area contributed by atoms with Crippen LogP contribution in [0.25, 0.3) is 0 Å². The zero-order chi connectivity index (χ0) is 34.2. The summed E-state index contributed by atoms with van der Waals surface area (Å²) in [6.07, 6.45) is -16.5. The van der Waals surface area contributed by atoms with Crippen LogP contribution in [-0.4, -0.2) is 134 Å². The first-order valence-corrected chi connectivity index (χ1v) is 17.5. The van der Waals surface area contributed by atoms with E-state index in [2.05, 4.69) is 18.7 Å². The predicted octanol–water partition coefficient (Wildman–Crippen LogP) is -2.94. The summed E-state index contributed by atoms with van der Waals surface area (Å²) in [7, 11) is -15.8. The molecular formula is C22H32N2O19P2S. The summed E-state index contributed by atoms with van der Waals surface area (Å²) >= 11 is 0. The lowest BCUT2D eigenvalue weighted by Crippen LogP contribution is -2.59. The number of aryl methyl sites for hydroxylation is 1. The van der Waals surface area contributed by atoms with Gasteiger partial charge in [-0.25, -0.2) is 13.9 Å². The number of phosphoric ester groups is 2. The lowest BCUT2D eigenvalue weighted by atomic mass is 10.00. The van der Waals surface area contributed by atoms with Crippen LogP contribution in [0.3, 0.4) is 0 Å². The van der Waals surface area contributed by atoms with Gasteiger partial charge in [0.1, 0.15) is 49.0 Å². The Morgan fingerprint density at radius 3 is 2.11 bits per heavy atom. The fourth-order valence-electron chi connectivity index (χ4n) is 4.33. The van der Waals surface area contributed by atoms with E-state index in [0.29, 0.717) is 0 Å². The van der Waals surface area contributed by atoms with Gasteiger partial charge >= 0.3 is 21.7 Å². The van der Waals surface area contributed by atoms with Crippen LogP contribution in [0.2, 0.25) is 0 Å². The van der Waals surface area contributed by atoms with Crippen LogP contribution in [-0.2, 0) is 46.3 Å². The highest BCUT2D eigenvalue weighted by atomic mass is 32.2. The first kappa shape index (κ1) is 36.9. The molecule has 46 heavy (non-hydrogen) atoms. The fourth-order valence-corrected chi connectivity index (χ4v) is 7.41. The molecule has 0 aliphatic carbocycles. The molecule has 21 nitrogen and oxygen atoms in total. The van der Waals surface area contributed by atoms with Crippen molar-refractivity contribution in [3.8, 4) is 0 Å². The quantitative estimate of drug-likeness (QED) is 0.0770. The molecule has 3 aliphatic heterocycles. The Morgan fingerprint density at radius 2 is 1.48 bits per heavy atom. The molecule has 0 bridgehead atoms. The van der Waals surface area contributed by atoms with Crippen molar-refractivity contribution < 1.29 is 89.8 Å². The minimum atomic E-state index is -5.76. The molecule has 9 N–H and O–H groups in total. The number of benzene rings is 1. The molecule has 0 aromatic heterocycles. The lowest BCUT2D eigenvalue weighted by molar-refractivity contribution is -0.279. The number of urea groups is 1. The topological polar surface area (TPSA) is 318 Å². The van der Waals surface area contributed by atoms with E-state index in [1.165, 1.54) is 24.3 Å². The molecule has 0 radical (unpaired) electrons. The number of ether oxygens (including phenoxy) is 2. The highest BCUT2D eigenvalue weighted by Gasteiger charge is 2.51. The average molecular weight is 723 g/mol. The smallest absolute Gasteiger partial charge is 0.387 e. The summed E-state index contributed by atoms with van der Waals surface area (Å²) in [5.74, 6) is 0. The summed E-state index contributed by atoms with van der Waals surface area (Å²) in [6.45, 7) is -0.335. The van der Waals surface area contributed by atoms with Crippen LogP contribution in [0.1, 0.15) is 5.56 Å². The predicted molar refractivity (Wildman–Crippen MR) is 145 cm³/mol. The number of amides is 2. The van der Waals surface area contributed by atoms with Crippen LogP contribution >= 0.6 is 15.6 Å². The summed E-state index contributed by atoms with van der Waals surface area (Å²) in [4.78, 5) is 32.6. The van der Waals surface area contributed by atoms with E-state index >= 15 is 0 Å². The summed E-state index contributed by atoms with van der Waals surface area (Å²) in [5, 5.41) is 62.6.